The Hall–Kier alpha value is -1.26. The minimum Gasteiger partial charge on any atom is -0.454 e. The van der Waals surface area contributed by atoms with Crippen molar-refractivity contribution in [1.82, 2.24) is 10.6 Å². The second-order valence-electron chi connectivity index (χ2n) is 4.18. The molecule has 0 radical (unpaired) electrons. The lowest BCUT2D eigenvalue weighted by Crippen LogP contribution is -2.16. The third kappa shape index (κ3) is 3.61. The van der Waals surface area contributed by atoms with Gasteiger partial charge in [-0.1, -0.05) is 6.07 Å². The summed E-state index contributed by atoms with van der Waals surface area (Å²) in [5.41, 5.74) is 1.24. The molecule has 94 valence electrons. The first-order chi connectivity index (χ1) is 8.40. The van der Waals surface area contributed by atoms with Crippen molar-refractivity contribution >= 4 is 0 Å². The fraction of sp³-hybridized carbons (Fsp3) is 0.538. The van der Waals surface area contributed by atoms with Crippen molar-refractivity contribution in [1.29, 1.82) is 0 Å². The van der Waals surface area contributed by atoms with Crippen LogP contribution in [0.4, 0.5) is 0 Å². The lowest BCUT2D eigenvalue weighted by Gasteiger charge is -2.05. The molecule has 2 N–H and O–H groups in total. The van der Waals surface area contributed by atoms with E-state index in [2.05, 4.69) is 16.7 Å². The molecule has 0 bridgehead atoms. The van der Waals surface area contributed by atoms with Gasteiger partial charge in [0, 0.05) is 6.54 Å². The SMILES string of the molecule is CNCCCCNCc1ccc2c(c1)OCO2. The lowest BCUT2D eigenvalue weighted by molar-refractivity contribution is 0.174. The van der Waals surface area contributed by atoms with Crippen LogP contribution in [0.2, 0.25) is 0 Å². The molecule has 2 rings (SSSR count). The van der Waals surface area contributed by atoms with Crippen LogP contribution in [0.5, 0.6) is 11.5 Å². The average molecular weight is 236 g/mol. The molecule has 17 heavy (non-hydrogen) atoms. The molecule has 0 aromatic heterocycles. The highest BCUT2D eigenvalue weighted by atomic mass is 16.7. The maximum Gasteiger partial charge on any atom is 0.231 e. The Morgan fingerprint density at radius 3 is 2.82 bits per heavy atom. The molecule has 1 aromatic carbocycles. The molecule has 0 amide bonds. The van der Waals surface area contributed by atoms with E-state index in [4.69, 9.17) is 9.47 Å². The number of nitrogens with one attached hydrogen (secondary N) is 2. The number of fused-ring (bicyclic) bond motifs is 1. The standard InChI is InChI=1S/C13H20N2O2/c1-14-6-2-3-7-15-9-11-4-5-12-13(8-11)17-10-16-12/h4-5,8,14-15H,2-3,6-7,9-10H2,1H3. The number of hydrogen-bond acceptors (Lipinski definition) is 4. The highest BCUT2D eigenvalue weighted by Gasteiger charge is 2.12. The van der Waals surface area contributed by atoms with Gasteiger partial charge < -0.3 is 20.1 Å². The Kier molecular flexibility index (Phi) is 4.64. The Labute approximate surface area is 102 Å². The zero-order valence-corrected chi connectivity index (χ0v) is 10.3. The van der Waals surface area contributed by atoms with Crippen molar-refractivity contribution < 1.29 is 9.47 Å². The first-order valence-electron chi connectivity index (χ1n) is 6.14. The first-order valence-corrected chi connectivity index (χ1v) is 6.14. The first kappa shape index (κ1) is 12.2. The van der Waals surface area contributed by atoms with E-state index in [-0.39, 0.29) is 0 Å². The van der Waals surface area contributed by atoms with Gasteiger partial charge in [-0.25, -0.2) is 0 Å². The van der Waals surface area contributed by atoms with E-state index in [1.807, 2.05) is 19.2 Å². The van der Waals surface area contributed by atoms with Gasteiger partial charge in [0.1, 0.15) is 0 Å². The quantitative estimate of drug-likeness (QED) is 0.704. The summed E-state index contributed by atoms with van der Waals surface area (Å²) in [6.45, 7) is 3.37. The molecule has 0 unspecified atom stereocenters. The van der Waals surface area contributed by atoms with Crippen molar-refractivity contribution in [2.45, 2.75) is 19.4 Å². The predicted octanol–water partition coefficient (Wildman–Crippen LogP) is 1.50. The molecule has 1 aliphatic heterocycles. The normalized spacial score (nSPS) is 13.0. The maximum absolute atomic E-state index is 5.34. The summed E-state index contributed by atoms with van der Waals surface area (Å²) < 4.78 is 10.6. The molecular formula is C13H20N2O2. The molecule has 0 aliphatic carbocycles. The van der Waals surface area contributed by atoms with Crippen LogP contribution in [0, 0.1) is 0 Å². The van der Waals surface area contributed by atoms with Crippen LogP contribution in [0.25, 0.3) is 0 Å². The molecule has 4 heteroatoms. The van der Waals surface area contributed by atoms with Crippen LogP contribution in [-0.2, 0) is 6.54 Å². The second-order valence-corrected chi connectivity index (χ2v) is 4.18. The summed E-state index contributed by atoms with van der Waals surface area (Å²) in [6, 6.07) is 6.09. The van der Waals surface area contributed by atoms with Crippen molar-refractivity contribution in [2.24, 2.45) is 0 Å². The number of rotatable bonds is 7. The minimum absolute atomic E-state index is 0.343. The van der Waals surface area contributed by atoms with Crippen LogP contribution >= 0.6 is 0 Å². The van der Waals surface area contributed by atoms with Crippen LogP contribution < -0.4 is 20.1 Å². The van der Waals surface area contributed by atoms with Gasteiger partial charge in [-0.05, 0) is 50.7 Å². The molecule has 0 saturated carbocycles. The van der Waals surface area contributed by atoms with Crippen LogP contribution in [0.1, 0.15) is 18.4 Å². The zero-order chi connectivity index (χ0) is 11.9. The summed E-state index contributed by atoms with van der Waals surface area (Å²) in [5, 5.41) is 6.57. The number of hydrogen-bond donors (Lipinski definition) is 2. The zero-order valence-electron chi connectivity index (χ0n) is 10.3. The topological polar surface area (TPSA) is 42.5 Å². The van der Waals surface area contributed by atoms with Gasteiger partial charge in [-0.15, -0.1) is 0 Å². The fourth-order valence-electron chi connectivity index (χ4n) is 1.84. The van der Waals surface area contributed by atoms with Crippen LogP contribution in [-0.4, -0.2) is 26.9 Å². The molecule has 4 nitrogen and oxygen atoms in total. The van der Waals surface area contributed by atoms with Crippen molar-refractivity contribution in [3.8, 4) is 11.5 Å². The molecular weight excluding hydrogens is 216 g/mol. The lowest BCUT2D eigenvalue weighted by atomic mass is 10.2. The molecule has 1 aromatic rings. The van der Waals surface area contributed by atoms with Crippen molar-refractivity contribution in [3.63, 3.8) is 0 Å². The van der Waals surface area contributed by atoms with Crippen LogP contribution in [0.3, 0.4) is 0 Å². The number of ether oxygens (including phenoxy) is 2. The molecule has 0 saturated heterocycles. The van der Waals surface area contributed by atoms with E-state index in [1.165, 1.54) is 18.4 Å². The van der Waals surface area contributed by atoms with Gasteiger partial charge in [0.25, 0.3) is 0 Å². The highest BCUT2D eigenvalue weighted by molar-refractivity contribution is 5.44. The van der Waals surface area contributed by atoms with E-state index in [9.17, 15) is 0 Å². The minimum atomic E-state index is 0.343. The van der Waals surface area contributed by atoms with Crippen LogP contribution in [0.15, 0.2) is 18.2 Å². The van der Waals surface area contributed by atoms with Crippen molar-refractivity contribution in [3.05, 3.63) is 23.8 Å². The predicted molar refractivity (Wildman–Crippen MR) is 67.4 cm³/mol. The van der Waals surface area contributed by atoms with E-state index >= 15 is 0 Å². The Bertz CT molecular complexity index is 355. The average Bonchev–Trinajstić information content (AvgIpc) is 2.81. The van der Waals surface area contributed by atoms with Gasteiger partial charge in [-0.2, -0.15) is 0 Å². The van der Waals surface area contributed by atoms with Gasteiger partial charge in [0.2, 0.25) is 6.79 Å². The Morgan fingerprint density at radius 2 is 1.94 bits per heavy atom. The number of benzene rings is 1. The summed E-state index contributed by atoms with van der Waals surface area (Å²) in [7, 11) is 1.99. The Balaban J connectivity index is 1.69. The second kappa shape index (κ2) is 6.47. The smallest absolute Gasteiger partial charge is 0.231 e. The van der Waals surface area contributed by atoms with Gasteiger partial charge in [0.15, 0.2) is 11.5 Å². The van der Waals surface area contributed by atoms with Gasteiger partial charge in [-0.3, -0.25) is 0 Å². The molecule has 0 spiro atoms. The highest BCUT2D eigenvalue weighted by Crippen LogP contribution is 2.32. The monoisotopic (exact) mass is 236 g/mol. The molecule has 0 fully saturated rings. The summed E-state index contributed by atoms with van der Waals surface area (Å²) in [6.07, 6.45) is 2.41. The third-order valence-electron chi connectivity index (χ3n) is 2.80. The molecule has 0 atom stereocenters. The van der Waals surface area contributed by atoms with E-state index in [0.717, 1.165) is 31.1 Å². The van der Waals surface area contributed by atoms with E-state index < -0.39 is 0 Å². The largest absolute Gasteiger partial charge is 0.454 e. The summed E-state index contributed by atoms with van der Waals surface area (Å²) in [5.74, 6) is 1.71. The van der Waals surface area contributed by atoms with Gasteiger partial charge >= 0.3 is 0 Å². The summed E-state index contributed by atoms with van der Waals surface area (Å²) in [4.78, 5) is 0. The van der Waals surface area contributed by atoms with E-state index in [0.29, 0.717) is 6.79 Å². The molecule has 1 aliphatic rings. The third-order valence-corrected chi connectivity index (χ3v) is 2.80. The molecule has 1 heterocycles. The van der Waals surface area contributed by atoms with Crippen molar-refractivity contribution in [2.75, 3.05) is 26.9 Å². The number of unbranched alkanes of at least 4 members (excludes halogenated alkanes) is 1. The van der Waals surface area contributed by atoms with E-state index in [1.54, 1.807) is 0 Å². The summed E-state index contributed by atoms with van der Waals surface area (Å²) >= 11 is 0. The van der Waals surface area contributed by atoms with Gasteiger partial charge in [0.05, 0.1) is 0 Å². The maximum atomic E-state index is 5.34. The fourth-order valence-corrected chi connectivity index (χ4v) is 1.84. The Morgan fingerprint density at radius 1 is 1.12 bits per heavy atom.